The summed E-state index contributed by atoms with van der Waals surface area (Å²) < 4.78 is 0. The second-order valence-corrected chi connectivity index (χ2v) is 1.55. The van der Waals surface area contributed by atoms with Crippen molar-refractivity contribution in [3.63, 3.8) is 0 Å². The van der Waals surface area contributed by atoms with Gasteiger partial charge in [0.25, 0.3) is 0 Å². The minimum absolute atomic E-state index is 0.190. The predicted molar refractivity (Wildman–Crippen MR) is 30.9 cm³/mol. The van der Waals surface area contributed by atoms with Crippen LogP contribution in [-0.4, -0.2) is 11.4 Å². The SMILES string of the molecule is CS/C(N)=N\N=O. The van der Waals surface area contributed by atoms with Crippen molar-refractivity contribution in [2.24, 2.45) is 16.1 Å². The van der Waals surface area contributed by atoms with Crippen LogP contribution in [0.4, 0.5) is 0 Å². The van der Waals surface area contributed by atoms with Crippen molar-refractivity contribution >= 4 is 16.9 Å². The van der Waals surface area contributed by atoms with Gasteiger partial charge in [0.1, 0.15) is 0 Å². The number of amidine groups is 1. The zero-order valence-electron chi connectivity index (χ0n) is 3.79. The van der Waals surface area contributed by atoms with E-state index < -0.39 is 0 Å². The zero-order valence-corrected chi connectivity index (χ0v) is 4.60. The Bertz CT molecular complexity index is 90.9. The van der Waals surface area contributed by atoms with Crippen LogP contribution in [0.1, 0.15) is 0 Å². The van der Waals surface area contributed by atoms with Crippen molar-refractivity contribution in [2.45, 2.75) is 0 Å². The highest BCUT2D eigenvalue weighted by molar-refractivity contribution is 8.13. The molecule has 0 amide bonds. The van der Waals surface area contributed by atoms with Crippen LogP contribution in [0.3, 0.4) is 0 Å². The van der Waals surface area contributed by atoms with E-state index in [1.165, 1.54) is 11.8 Å². The Hall–Kier alpha value is -0.580. The number of thioether (sulfide) groups is 1. The van der Waals surface area contributed by atoms with Crippen molar-refractivity contribution in [2.75, 3.05) is 6.26 Å². The lowest BCUT2D eigenvalue weighted by molar-refractivity contribution is 1.22. The Balaban J connectivity index is 3.49. The lowest BCUT2D eigenvalue weighted by Gasteiger charge is -1.82. The van der Waals surface area contributed by atoms with E-state index in [-0.39, 0.29) is 5.17 Å². The summed E-state index contributed by atoms with van der Waals surface area (Å²) in [4.78, 5) is 9.24. The number of nitroso groups, excluding NO2 is 1. The van der Waals surface area contributed by atoms with Crippen molar-refractivity contribution < 1.29 is 0 Å². The fourth-order valence-corrected chi connectivity index (χ4v) is 0.196. The lowest BCUT2D eigenvalue weighted by Crippen LogP contribution is -2.03. The van der Waals surface area contributed by atoms with E-state index in [4.69, 9.17) is 5.73 Å². The molecule has 40 valence electrons. The minimum Gasteiger partial charge on any atom is -0.377 e. The van der Waals surface area contributed by atoms with E-state index in [0.717, 1.165) is 0 Å². The van der Waals surface area contributed by atoms with Gasteiger partial charge in [0, 0.05) is 0 Å². The van der Waals surface area contributed by atoms with Crippen LogP contribution in [-0.2, 0) is 0 Å². The number of hydrogen-bond acceptors (Lipinski definition) is 3. The van der Waals surface area contributed by atoms with Gasteiger partial charge < -0.3 is 5.73 Å². The molecule has 0 rings (SSSR count). The molecule has 0 atom stereocenters. The standard InChI is InChI=1S/C2H5N3OS/c1-7-2(3)4-5-6/h1H3,(H2,3,4,6). The van der Waals surface area contributed by atoms with Gasteiger partial charge in [-0.25, -0.2) is 0 Å². The smallest absolute Gasteiger partial charge is 0.183 e. The average molecular weight is 119 g/mol. The maximum atomic E-state index is 9.24. The van der Waals surface area contributed by atoms with Gasteiger partial charge in [0.15, 0.2) is 5.17 Å². The Labute approximate surface area is 45.1 Å². The summed E-state index contributed by atoms with van der Waals surface area (Å²) in [6.45, 7) is 0. The number of nitrogens with two attached hydrogens (primary N) is 1. The molecule has 0 saturated carbocycles. The molecule has 2 N–H and O–H groups in total. The first-order valence-corrected chi connectivity index (χ1v) is 2.73. The van der Waals surface area contributed by atoms with Crippen LogP contribution in [0.15, 0.2) is 10.4 Å². The third-order valence-electron chi connectivity index (χ3n) is 0.349. The first-order valence-electron chi connectivity index (χ1n) is 1.51. The molecule has 4 nitrogen and oxygen atoms in total. The molecule has 0 fully saturated rings. The van der Waals surface area contributed by atoms with Crippen molar-refractivity contribution in [3.8, 4) is 0 Å². The number of rotatable bonds is 1. The molecule has 0 aliphatic rings. The van der Waals surface area contributed by atoms with Crippen molar-refractivity contribution in [1.29, 1.82) is 0 Å². The molecule has 5 heteroatoms. The molecule has 0 radical (unpaired) electrons. The van der Waals surface area contributed by atoms with Gasteiger partial charge in [-0.1, -0.05) is 16.9 Å². The fraction of sp³-hybridized carbons (Fsp3) is 0.500. The molecule has 0 unspecified atom stereocenters. The molecule has 7 heavy (non-hydrogen) atoms. The Morgan fingerprint density at radius 1 is 1.86 bits per heavy atom. The van der Waals surface area contributed by atoms with Crippen LogP contribution in [0.25, 0.3) is 0 Å². The van der Waals surface area contributed by atoms with E-state index in [1.54, 1.807) is 6.26 Å². The Morgan fingerprint density at radius 2 is 2.43 bits per heavy atom. The van der Waals surface area contributed by atoms with E-state index in [2.05, 4.69) is 10.4 Å². The molecule has 0 saturated heterocycles. The van der Waals surface area contributed by atoms with Crippen molar-refractivity contribution in [1.82, 2.24) is 0 Å². The molecule has 0 aliphatic carbocycles. The van der Waals surface area contributed by atoms with E-state index in [1.807, 2.05) is 0 Å². The Kier molecular flexibility index (Phi) is 3.31. The quantitative estimate of drug-likeness (QED) is 0.234. The topological polar surface area (TPSA) is 67.8 Å². The molecular weight excluding hydrogens is 114 g/mol. The summed E-state index contributed by atoms with van der Waals surface area (Å²) in [5.74, 6) is 0. The maximum absolute atomic E-state index is 9.24. The van der Waals surface area contributed by atoms with Gasteiger partial charge in [-0.2, -0.15) is 0 Å². The molecule has 0 aliphatic heterocycles. The second-order valence-electron chi connectivity index (χ2n) is 0.724. The van der Waals surface area contributed by atoms with Gasteiger partial charge in [-0.3, -0.25) is 0 Å². The van der Waals surface area contributed by atoms with Gasteiger partial charge >= 0.3 is 0 Å². The lowest BCUT2D eigenvalue weighted by atomic mass is 11.4. The summed E-state index contributed by atoms with van der Waals surface area (Å²) in [5, 5.41) is 5.36. The summed E-state index contributed by atoms with van der Waals surface area (Å²) >= 11 is 1.18. The van der Waals surface area contributed by atoms with E-state index >= 15 is 0 Å². The summed E-state index contributed by atoms with van der Waals surface area (Å²) in [6, 6.07) is 0. The summed E-state index contributed by atoms with van der Waals surface area (Å²) in [5.41, 5.74) is 5.00. The Morgan fingerprint density at radius 3 is 2.57 bits per heavy atom. The second kappa shape index (κ2) is 3.60. The van der Waals surface area contributed by atoms with Crippen LogP contribution in [0.5, 0.6) is 0 Å². The van der Waals surface area contributed by atoms with Gasteiger partial charge in [0.2, 0.25) is 0 Å². The number of hydrogen-bond donors (Lipinski definition) is 1. The molecular formula is C2H5N3OS. The van der Waals surface area contributed by atoms with Crippen LogP contribution in [0, 0.1) is 4.91 Å². The maximum Gasteiger partial charge on any atom is 0.183 e. The zero-order chi connectivity index (χ0) is 5.70. The van der Waals surface area contributed by atoms with Crippen LogP contribution in [0.2, 0.25) is 0 Å². The van der Waals surface area contributed by atoms with Gasteiger partial charge in [-0.05, 0) is 6.26 Å². The van der Waals surface area contributed by atoms with Gasteiger partial charge in [-0.15, -0.1) is 4.91 Å². The van der Waals surface area contributed by atoms with Gasteiger partial charge in [0.05, 0.1) is 5.29 Å². The highest BCUT2D eigenvalue weighted by atomic mass is 32.2. The monoisotopic (exact) mass is 119 g/mol. The highest BCUT2D eigenvalue weighted by Crippen LogP contribution is 1.89. The molecule has 0 heterocycles. The van der Waals surface area contributed by atoms with E-state index in [9.17, 15) is 4.91 Å². The molecule has 0 aromatic heterocycles. The third-order valence-corrected chi connectivity index (χ3v) is 0.848. The van der Waals surface area contributed by atoms with Crippen LogP contribution < -0.4 is 5.73 Å². The molecule has 0 aromatic rings. The van der Waals surface area contributed by atoms with Crippen LogP contribution >= 0.6 is 11.8 Å². The third kappa shape index (κ3) is 3.24. The first-order chi connectivity index (χ1) is 3.31. The fourth-order valence-electron chi connectivity index (χ4n) is 0.0811. The van der Waals surface area contributed by atoms with E-state index in [0.29, 0.717) is 0 Å². The summed E-state index contributed by atoms with van der Waals surface area (Å²) in [6.07, 6.45) is 1.71. The largest absolute Gasteiger partial charge is 0.377 e. The predicted octanol–water partition coefficient (Wildman–Crippen LogP) is 0.346. The minimum atomic E-state index is 0.190. The molecule has 0 spiro atoms. The van der Waals surface area contributed by atoms with Crippen molar-refractivity contribution in [3.05, 3.63) is 4.91 Å². The number of nitrogens with zero attached hydrogens (tertiary/aromatic N) is 2. The average Bonchev–Trinajstić information content (AvgIpc) is 1.68. The normalized spacial score (nSPS) is 11.3. The first kappa shape index (κ1) is 6.42. The molecule has 0 bridgehead atoms. The molecule has 0 aromatic carbocycles. The summed E-state index contributed by atoms with van der Waals surface area (Å²) in [7, 11) is 0. The highest BCUT2D eigenvalue weighted by Gasteiger charge is 1.81.